The first-order chi connectivity index (χ1) is 17.0. The summed E-state index contributed by atoms with van der Waals surface area (Å²) in [7, 11) is 4.69. The van der Waals surface area contributed by atoms with Crippen molar-refractivity contribution in [1.29, 1.82) is 0 Å². The molecule has 0 bridgehead atoms. The fraction of sp³-hybridized carbons (Fsp3) is 0.192. The third kappa shape index (κ3) is 5.58. The molecule has 9 heteroatoms. The fourth-order valence-electron chi connectivity index (χ4n) is 3.54. The molecule has 1 heterocycles. The molecule has 1 aromatic heterocycles. The van der Waals surface area contributed by atoms with Gasteiger partial charge in [0.1, 0.15) is 17.2 Å². The molecule has 4 rings (SSSR count). The molecule has 0 spiro atoms. The number of hydrogen-bond donors (Lipinski definition) is 1. The number of rotatable bonds is 9. The van der Waals surface area contributed by atoms with Gasteiger partial charge in [-0.15, -0.1) is 0 Å². The van der Waals surface area contributed by atoms with E-state index in [9.17, 15) is 9.59 Å². The van der Waals surface area contributed by atoms with Gasteiger partial charge in [0.25, 0.3) is 5.56 Å². The van der Waals surface area contributed by atoms with Crippen LogP contribution in [0.15, 0.2) is 76.7 Å². The minimum Gasteiger partial charge on any atom is -0.497 e. The predicted octanol–water partition coefficient (Wildman–Crippen LogP) is 4.20. The Kier molecular flexibility index (Phi) is 7.57. The van der Waals surface area contributed by atoms with Crippen LogP contribution in [0.2, 0.25) is 0 Å². The molecule has 1 N–H and O–H groups in total. The number of hydrogen-bond acceptors (Lipinski definition) is 7. The number of fused-ring (bicyclic) bond motifs is 1. The van der Waals surface area contributed by atoms with E-state index in [2.05, 4.69) is 10.3 Å². The van der Waals surface area contributed by atoms with Crippen molar-refractivity contribution in [3.63, 3.8) is 0 Å². The van der Waals surface area contributed by atoms with Gasteiger partial charge in [-0.3, -0.25) is 14.2 Å². The van der Waals surface area contributed by atoms with Gasteiger partial charge in [-0.1, -0.05) is 36.0 Å². The van der Waals surface area contributed by atoms with E-state index in [1.54, 1.807) is 49.1 Å². The van der Waals surface area contributed by atoms with Crippen molar-refractivity contribution >= 4 is 34.3 Å². The maximum atomic E-state index is 13.3. The molecule has 0 radical (unpaired) electrons. The lowest BCUT2D eigenvalue weighted by Crippen LogP contribution is -2.25. The summed E-state index contributed by atoms with van der Waals surface area (Å²) >= 11 is 1.20. The standard InChI is InChI=1S/C26H25N3O5S/c1-32-18-10-8-17(9-11-18)15-29-25(31)20-6-4-5-7-21(20)28-26(29)35-16-24(30)27-22-14-19(33-2)12-13-23(22)34-3/h4-14H,15-16H2,1-3H3,(H,27,30). The molecular weight excluding hydrogens is 466 g/mol. The quantitative estimate of drug-likeness (QED) is 0.277. The number of para-hydroxylation sites is 1. The summed E-state index contributed by atoms with van der Waals surface area (Å²) in [5.74, 6) is 1.63. The van der Waals surface area contributed by atoms with E-state index in [4.69, 9.17) is 14.2 Å². The average molecular weight is 492 g/mol. The van der Waals surface area contributed by atoms with Crippen LogP contribution in [0.1, 0.15) is 5.56 Å². The summed E-state index contributed by atoms with van der Waals surface area (Å²) in [4.78, 5) is 30.8. The first-order valence-corrected chi connectivity index (χ1v) is 11.8. The fourth-order valence-corrected chi connectivity index (χ4v) is 4.34. The zero-order chi connectivity index (χ0) is 24.8. The number of ether oxygens (including phenoxy) is 3. The Balaban J connectivity index is 1.60. The lowest BCUT2D eigenvalue weighted by atomic mass is 10.2. The Hall–Kier alpha value is -3.98. The first-order valence-electron chi connectivity index (χ1n) is 10.8. The number of thioether (sulfide) groups is 1. The highest BCUT2D eigenvalue weighted by atomic mass is 32.2. The number of carbonyl (C=O) groups is 1. The Labute approximate surface area is 206 Å². The van der Waals surface area contributed by atoms with Crippen molar-refractivity contribution in [3.8, 4) is 17.2 Å². The highest BCUT2D eigenvalue weighted by Crippen LogP contribution is 2.29. The molecule has 1 amide bonds. The van der Waals surface area contributed by atoms with E-state index in [0.717, 1.165) is 11.3 Å². The van der Waals surface area contributed by atoms with Crippen molar-refractivity contribution in [2.24, 2.45) is 0 Å². The number of aromatic nitrogens is 2. The van der Waals surface area contributed by atoms with Crippen LogP contribution in [0.25, 0.3) is 10.9 Å². The maximum absolute atomic E-state index is 13.3. The molecule has 0 unspecified atom stereocenters. The Bertz CT molecular complexity index is 1400. The molecule has 0 atom stereocenters. The van der Waals surface area contributed by atoms with E-state index in [0.29, 0.717) is 39.8 Å². The largest absolute Gasteiger partial charge is 0.497 e. The van der Waals surface area contributed by atoms with Gasteiger partial charge in [0.05, 0.1) is 50.2 Å². The number of amides is 1. The summed E-state index contributed by atoms with van der Waals surface area (Å²) < 4.78 is 17.4. The minimum atomic E-state index is -0.264. The molecule has 0 saturated carbocycles. The second-order valence-corrected chi connectivity index (χ2v) is 8.50. The molecule has 0 aliphatic carbocycles. The second-order valence-electron chi connectivity index (χ2n) is 7.55. The minimum absolute atomic E-state index is 0.0494. The Morgan fingerprint density at radius 1 is 0.943 bits per heavy atom. The van der Waals surface area contributed by atoms with E-state index in [1.807, 2.05) is 36.4 Å². The van der Waals surface area contributed by atoms with E-state index in [-0.39, 0.29) is 17.2 Å². The van der Waals surface area contributed by atoms with Gasteiger partial charge in [0, 0.05) is 6.07 Å². The van der Waals surface area contributed by atoms with Gasteiger partial charge in [-0.2, -0.15) is 0 Å². The zero-order valence-corrected chi connectivity index (χ0v) is 20.4. The molecule has 0 aliphatic heterocycles. The van der Waals surface area contributed by atoms with Gasteiger partial charge in [0.2, 0.25) is 5.91 Å². The molecule has 3 aromatic carbocycles. The molecular formula is C26H25N3O5S. The van der Waals surface area contributed by atoms with Crippen LogP contribution in [0, 0.1) is 0 Å². The smallest absolute Gasteiger partial charge is 0.262 e. The van der Waals surface area contributed by atoms with Gasteiger partial charge >= 0.3 is 0 Å². The summed E-state index contributed by atoms with van der Waals surface area (Å²) in [5, 5.41) is 3.83. The number of anilines is 1. The second kappa shape index (κ2) is 11.0. The van der Waals surface area contributed by atoms with Crippen molar-refractivity contribution < 1.29 is 19.0 Å². The molecule has 0 saturated heterocycles. The van der Waals surface area contributed by atoms with Crippen LogP contribution < -0.4 is 25.1 Å². The van der Waals surface area contributed by atoms with E-state index < -0.39 is 0 Å². The lowest BCUT2D eigenvalue weighted by molar-refractivity contribution is -0.113. The summed E-state index contributed by atoms with van der Waals surface area (Å²) in [6.45, 7) is 0.314. The number of methoxy groups -OCH3 is 3. The van der Waals surface area contributed by atoms with Crippen LogP contribution in [0.4, 0.5) is 5.69 Å². The van der Waals surface area contributed by atoms with Gasteiger partial charge in [0.15, 0.2) is 5.16 Å². The maximum Gasteiger partial charge on any atom is 0.262 e. The van der Waals surface area contributed by atoms with Crippen molar-refractivity contribution in [2.45, 2.75) is 11.7 Å². The predicted molar refractivity (Wildman–Crippen MR) is 137 cm³/mol. The van der Waals surface area contributed by atoms with Crippen LogP contribution in [0.3, 0.4) is 0 Å². The highest BCUT2D eigenvalue weighted by Gasteiger charge is 2.15. The van der Waals surface area contributed by atoms with E-state index in [1.165, 1.54) is 18.9 Å². The molecule has 35 heavy (non-hydrogen) atoms. The van der Waals surface area contributed by atoms with Crippen molar-refractivity contribution in [2.75, 3.05) is 32.4 Å². The van der Waals surface area contributed by atoms with Crippen LogP contribution >= 0.6 is 11.8 Å². The summed E-state index contributed by atoms with van der Waals surface area (Å²) in [6, 6.07) is 19.8. The van der Waals surface area contributed by atoms with Gasteiger partial charge in [-0.25, -0.2) is 4.98 Å². The zero-order valence-electron chi connectivity index (χ0n) is 19.6. The normalized spacial score (nSPS) is 10.7. The number of nitrogens with one attached hydrogen (secondary N) is 1. The SMILES string of the molecule is COc1ccc(Cn2c(SCC(=O)Nc3cc(OC)ccc3OC)nc3ccccc3c2=O)cc1. The Morgan fingerprint density at radius 2 is 1.66 bits per heavy atom. The van der Waals surface area contributed by atoms with Crippen molar-refractivity contribution in [1.82, 2.24) is 9.55 Å². The molecule has 0 fully saturated rings. The van der Waals surface area contributed by atoms with Crippen molar-refractivity contribution in [3.05, 3.63) is 82.6 Å². The van der Waals surface area contributed by atoms with Crippen LogP contribution in [-0.4, -0.2) is 42.5 Å². The third-order valence-electron chi connectivity index (χ3n) is 5.34. The Morgan fingerprint density at radius 3 is 2.37 bits per heavy atom. The topological polar surface area (TPSA) is 91.7 Å². The number of carbonyl (C=O) groups excluding carboxylic acids is 1. The van der Waals surface area contributed by atoms with Gasteiger partial charge < -0.3 is 19.5 Å². The summed E-state index contributed by atoms with van der Waals surface area (Å²) in [5.41, 5.74) is 1.83. The molecule has 0 aliphatic rings. The monoisotopic (exact) mass is 491 g/mol. The van der Waals surface area contributed by atoms with Crippen LogP contribution in [0.5, 0.6) is 17.2 Å². The number of benzene rings is 3. The molecule has 4 aromatic rings. The summed E-state index contributed by atoms with van der Waals surface area (Å²) in [6.07, 6.45) is 0. The average Bonchev–Trinajstić information content (AvgIpc) is 2.89. The first kappa shape index (κ1) is 24.2. The molecule has 8 nitrogen and oxygen atoms in total. The molecule has 180 valence electrons. The van der Waals surface area contributed by atoms with E-state index >= 15 is 0 Å². The van der Waals surface area contributed by atoms with Gasteiger partial charge in [-0.05, 0) is 42.0 Å². The van der Waals surface area contributed by atoms with Crippen LogP contribution in [-0.2, 0) is 11.3 Å². The lowest BCUT2D eigenvalue weighted by Gasteiger charge is -2.14. The highest BCUT2D eigenvalue weighted by molar-refractivity contribution is 7.99. The third-order valence-corrected chi connectivity index (χ3v) is 6.32. The number of nitrogens with zero attached hydrogens (tertiary/aromatic N) is 2.